The number of para-hydroxylation sites is 1. The van der Waals surface area contributed by atoms with Gasteiger partial charge in [0.1, 0.15) is 0 Å². The molecule has 0 aliphatic heterocycles. The maximum atomic E-state index is 11.9. The van der Waals surface area contributed by atoms with Crippen LogP contribution in [0.15, 0.2) is 28.7 Å². The van der Waals surface area contributed by atoms with Crippen molar-refractivity contribution in [3.05, 3.63) is 28.7 Å². The molecule has 0 saturated heterocycles. The molecule has 20 heavy (non-hydrogen) atoms. The van der Waals surface area contributed by atoms with E-state index in [9.17, 15) is 4.79 Å². The Morgan fingerprint density at radius 3 is 2.55 bits per heavy atom. The molecule has 112 valence electrons. The highest BCUT2D eigenvalue weighted by Gasteiger charge is 2.18. The zero-order valence-corrected chi connectivity index (χ0v) is 14.3. The summed E-state index contributed by atoms with van der Waals surface area (Å²) in [5.41, 5.74) is 0.934. The lowest BCUT2D eigenvalue weighted by atomic mass is 9.93. The quantitative estimate of drug-likeness (QED) is 0.801. The number of carbonyl (C=O) groups excluding carboxylic acids is 1. The van der Waals surface area contributed by atoms with Crippen molar-refractivity contribution in [1.82, 2.24) is 10.2 Å². The normalized spacial score (nSPS) is 11.7. The van der Waals surface area contributed by atoms with E-state index < -0.39 is 0 Å². The van der Waals surface area contributed by atoms with Crippen molar-refractivity contribution in [3.63, 3.8) is 0 Å². The first-order chi connectivity index (χ1) is 9.30. The number of hydrogen-bond donors (Lipinski definition) is 2. The Hall–Kier alpha value is -0.910. The number of benzene rings is 1. The van der Waals surface area contributed by atoms with E-state index in [0.29, 0.717) is 6.54 Å². The van der Waals surface area contributed by atoms with Crippen molar-refractivity contribution in [2.24, 2.45) is 5.41 Å². The average Bonchev–Trinajstić information content (AvgIpc) is 2.30. The highest BCUT2D eigenvalue weighted by molar-refractivity contribution is 9.10. The summed E-state index contributed by atoms with van der Waals surface area (Å²) in [6.07, 6.45) is 0. The monoisotopic (exact) mass is 341 g/mol. The summed E-state index contributed by atoms with van der Waals surface area (Å²) in [7, 11) is 4.11. The van der Waals surface area contributed by atoms with E-state index in [4.69, 9.17) is 0 Å². The fourth-order valence-corrected chi connectivity index (χ4v) is 2.57. The van der Waals surface area contributed by atoms with Gasteiger partial charge >= 0.3 is 0 Å². The van der Waals surface area contributed by atoms with Crippen LogP contribution in [0.5, 0.6) is 0 Å². The second-order valence-electron chi connectivity index (χ2n) is 6.03. The summed E-state index contributed by atoms with van der Waals surface area (Å²) in [5.74, 6) is -0.0300. The molecule has 1 amide bonds. The van der Waals surface area contributed by atoms with E-state index in [1.807, 2.05) is 24.3 Å². The lowest BCUT2D eigenvalue weighted by Crippen LogP contribution is -2.40. The van der Waals surface area contributed by atoms with Crippen LogP contribution >= 0.6 is 15.9 Å². The van der Waals surface area contributed by atoms with Gasteiger partial charge in [0.15, 0.2) is 0 Å². The lowest BCUT2D eigenvalue weighted by Gasteiger charge is -2.28. The Morgan fingerprint density at radius 2 is 1.95 bits per heavy atom. The molecule has 0 spiro atoms. The molecule has 5 heteroatoms. The molecule has 0 fully saturated rings. The third-order valence-electron chi connectivity index (χ3n) is 2.78. The van der Waals surface area contributed by atoms with Gasteiger partial charge in [-0.15, -0.1) is 0 Å². The Bertz CT molecular complexity index is 446. The summed E-state index contributed by atoms with van der Waals surface area (Å²) < 4.78 is 0.890. The smallest absolute Gasteiger partial charge is 0.238 e. The van der Waals surface area contributed by atoms with Crippen LogP contribution < -0.4 is 10.6 Å². The molecule has 0 aromatic heterocycles. The molecule has 0 bridgehead atoms. The molecule has 0 aliphatic rings. The van der Waals surface area contributed by atoms with Gasteiger partial charge in [0.25, 0.3) is 0 Å². The molecule has 2 N–H and O–H groups in total. The molecule has 0 aliphatic carbocycles. The van der Waals surface area contributed by atoms with Gasteiger partial charge in [-0.05, 0) is 47.6 Å². The third kappa shape index (κ3) is 6.50. The summed E-state index contributed by atoms with van der Waals surface area (Å²) >= 11 is 3.41. The third-order valence-corrected chi connectivity index (χ3v) is 3.47. The first-order valence-corrected chi connectivity index (χ1v) is 7.49. The number of carbonyl (C=O) groups is 1. The first-order valence-electron chi connectivity index (χ1n) is 6.70. The Morgan fingerprint density at radius 1 is 1.30 bits per heavy atom. The summed E-state index contributed by atoms with van der Waals surface area (Å²) in [6, 6.07) is 7.59. The number of halogens is 1. The topological polar surface area (TPSA) is 44.4 Å². The van der Waals surface area contributed by atoms with Gasteiger partial charge in [0.05, 0.1) is 12.2 Å². The van der Waals surface area contributed by atoms with Gasteiger partial charge in [0.2, 0.25) is 5.91 Å². The van der Waals surface area contributed by atoms with Gasteiger partial charge in [-0.1, -0.05) is 26.0 Å². The minimum absolute atomic E-state index is 0.0300. The molecule has 0 radical (unpaired) electrons. The summed E-state index contributed by atoms with van der Waals surface area (Å²) in [5, 5.41) is 6.09. The Balaban J connectivity index is 2.36. The zero-order chi connectivity index (χ0) is 15.2. The van der Waals surface area contributed by atoms with Crippen LogP contribution in [0.2, 0.25) is 0 Å². The number of anilines is 1. The summed E-state index contributed by atoms with van der Waals surface area (Å²) in [6.45, 7) is 6.47. The van der Waals surface area contributed by atoms with Crippen LogP contribution in [-0.2, 0) is 4.79 Å². The molecular formula is C15H24BrN3O. The van der Waals surface area contributed by atoms with Gasteiger partial charge in [0, 0.05) is 17.6 Å². The van der Waals surface area contributed by atoms with Gasteiger partial charge in [-0.3, -0.25) is 4.79 Å². The van der Waals surface area contributed by atoms with E-state index >= 15 is 0 Å². The van der Waals surface area contributed by atoms with Crippen molar-refractivity contribution in [2.45, 2.75) is 13.8 Å². The van der Waals surface area contributed by atoms with E-state index in [0.717, 1.165) is 23.2 Å². The number of nitrogens with one attached hydrogen (secondary N) is 2. The molecule has 1 aromatic rings. The van der Waals surface area contributed by atoms with E-state index in [1.165, 1.54) is 0 Å². The molecule has 0 atom stereocenters. The molecule has 0 heterocycles. The first kappa shape index (κ1) is 17.1. The van der Waals surface area contributed by atoms with Crippen LogP contribution in [0.3, 0.4) is 0 Å². The van der Waals surface area contributed by atoms with E-state index in [-0.39, 0.29) is 11.3 Å². The second-order valence-corrected chi connectivity index (χ2v) is 6.89. The number of amides is 1. The highest BCUT2D eigenvalue weighted by Crippen LogP contribution is 2.20. The maximum absolute atomic E-state index is 11.9. The molecule has 1 aromatic carbocycles. The Kier molecular flexibility index (Phi) is 6.65. The molecule has 0 unspecified atom stereocenters. The average molecular weight is 342 g/mol. The van der Waals surface area contributed by atoms with Crippen LogP contribution in [0.25, 0.3) is 0 Å². The summed E-state index contributed by atoms with van der Waals surface area (Å²) in [4.78, 5) is 14.0. The maximum Gasteiger partial charge on any atom is 0.238 e. The van der Waals surface area contributed by atoms with Gasteiger partial charge in [-0.25, -0.2) is 0 Å². The van der Waals surface area contributed by atoms with E-state index in [2.05, 4.69) is 59.4 Å². The van der Waals surface area contributed by atoms with Crippen LogP contribution in [0.4, 0.5) is 5.69 Å². The van der Waals surface area contributed by atoms with Crippen LogP contribution in [-0.4, -0.2) is 44.5 Å². The largest absolute Gasteiger partial charge is 0.324 e. The molecular weight excluding hydrogens is 318 g/mol. The van der Waals surface area contributed by atoms with Crippen molar-refractivity contribution >= 4 is 27.5 Å². The predicted molar refractivity (Wildman–Crippen MR) is 88.0 cm³/mol. The molecule has 1 rings (SSSR count). The minimum Gasteiger partial charge on any atom is -0.324 e. The second kappa shape index (κ2) is 7.76. The van der Waals surface area contributed by atoms with Gasteiger partial charge in [-0.2, -0.15) is 0 Å². The lowest BCUT2D eigenvalue weighted by molar-refractivity contribution is -0.115. The number of nitrogens with zero attached hydrogens (tertiary/aromatic N) is 1. The van der Waals surface area contributed by atoms with Crippen molar-refractivity contribution in [2.75, 3.05) is 39.0 Å². The van der Waals surface area contributed by atoms with Crippen molar-refractivity contribution < 1.29 is 4.79 Å². The predicted octanol–water partition coefficient (Wildman–Crippen LogP) is 2.57. The van der Waals surface area contributed by atoms with Crippen molar-refractivity contribution in [1.29, 1.82) is 0 Å². The Labute approximate surface area is 130 Å². The van der Waals surface area contributed by atoms with Crippen molar-refractivity contribution in [3.8, 4) is 0 Å². The van der Waals surface area contributed by atoms with Crippen LogP contribution in [0, 0.1) is 5.41 Å². The minimum atomic E-state index is -0.0300. The number of rotatable bonds is 7. The van der Waals surface area contributed by atoms with Gasteiger partial charge < -0.3 is 15.5 Å². The zero-order valence-electron chi connectivity index (χ0n) is 12.7. The van der Waals surface area contributed by atoms with E-state index in [1.54, 1.807) is 0 Å². The molecule has 0 saturated carbocycles. The SMILES string of the molecule is CN(C)CC(C)(C)CNCC(=O)Nc1ccccc1Br. The van der Waals surface area contributed by atoms with Crippen LogP contribution in [0.1, 0.15) is 13.8 Å². The number of hydrogen-bond acceptors (Lipinski definition) is 3. The standard InChI is InChI=1S/C15H24BrN3O/c1-15(2,11-19(3)4)10-17-9-14(20)18-13-8-6-5-7-12(13)16/h5-8,17H,9-11H2,1-4H3,(H,18,20). The fourth-order valence-electron chi connectivity index (χ4n) is 2.18. The fraction of sp³-hybridized carbons (Fsp3) is 0.533. The molecule has 4 nitrogen and oxygen atoms in total. The highest BCUT2D eigenvalue weighted by atomic mass is 79.9.